The summed E-state index contributed by atoms with van der Waals surface area (Å²) in [4.78, 5) is 26.2. The van der Waals surface area contributed by atoms with Crippen LogP contribution in [0.2, 0.25) is 0 Å². The van der Waals surface area contributed by atoms with Crippen LogP contribution in [0.4, 0.5) is 0 Å². The van der Waals surface area contributed by atoms with Gasteiger partial charge in [-0.25, -0.2) is 0 Å². The summed E-state index contributed by atoms with van der Waals surface area (Å²) in [6.45, 7) is 6.13. The second-order valence-electron chi connectivity index (χ2n) is 7.39. The van der Waals surface area contributed by atoms with Gasteiger partial charge in [0.2, 0.25) is 0 Å². The van der Waals surface area contributed by atoms with Crippen LogP contribution in [0.15, 0.2) is 24.3 Å². The van der Waals surface area contributed by atoms with Gasteiger partial charge in [-0.1, -0.05) is 29.8 Å². The molecule has 0 aliphatic heterocycles. The molecule has 2 saturated carbocycles. The Morgan fingerprint density at radius 3 is 1.68 bits per heavy atom. The van der Waals surface area contributed by atoms with Crippen molar-refractivity contribution >= 4 is 11.6 Å². The second-order valence-corrected chi connectivity index (χ2v) is 7.39. The second kappa shape index (κ2) is 4.65. The maximum Gasteiger partial charge on any atom is 0.152 e. The van der Waals surface area contributed by atoms with Gasteiger partial charge in [0.15, 0.2) is 11.6 Å². The monoisotopic (exact) mass is 294 g/mol. The minimum Gasteiger partial charge on any atom is -0.298 e. The number of benzene rings is 1. The fraction of sp³-hybridized carbons (Fsp3) is 0.500. The van der Waals surface area contributed by atoms with Gasteiger partial charge in [-0.05, 0) is 62.1 Å². The maximum atomic E-state index is 13.1. The van der Waals surface area contributed by atoms with Crippen molar-refractivity contribution in [3.8, 4) is 0 Å². The highest BCUT2D eigenvalue weighted by molar-refractivity contribution is 6.16. The molecule has 22 heavy (non-hydrogen) atoms. The summed E-state index contributed by atoms with van der Waals surface area (Å²) in [5, 5.41) is 0. The summed E-state index contributed by atoms with van der Waals surface area (Å²) in [5.41, 5.74) is 4.34. The van der Waals surface area contributed by atoms with Crippen LogP contribution in [-0.2, 0) is 9.59 Å². The zero-order chi connectivity index (χ0) is 15.6. The van der Waals surface area contributed by atoms with E-state index in [1.54, 1.807) is 0 Å². The lowest BCUT2D eigenvalue weighted by Crippen LogP contribution is -2.38. The molecule has 0 saturated heterocycles. The van der Waals surface area contributed by atoms with Gasteiger partial charge in [-0.2, -0.15) is 0 Å². The van der Waals surface area contributed by atoms with Gasteiger partial charge in [-0.15, -0.1) is 0 Å². The van der Waals surface area contributed by atoms with Gasteiger partial charge in [0.25, 0.3) is 0 Å². The third-order valence-electron chi connectivity index (χ3n) is 6.00. The number of aryl methyl sites for hydroxylation is 3. The molecule has 0 aromatic heterocycles. The number of ketones is 2. The number of hydrogen-bond donors (Lipinski definition) is 0. The molecule has 0 amide bonds. The minimum absolute atomic E-state index is 0.0543. The summed E-state index contributed by atoms with van der Waals surface area (Å²) in [6.07, 6.45) is 6.52. The average Bonchev–Trinajstić information content (AvgIpc) is 2.75. The molecule has 1 aromatic carbocycles. The molecule has 2 nitrogen and oxygen atoms in total. The van der Waals surface area contributed by atoms with Crippen LogP contribution in [0.1, 0.15) is 41.0 Å². The van der Waals surface area contributed by atoms with Crippen LogP contribution in [0.3, 0.4) is 0 Å². The smallest absolute Gasteiger partial charge is 0.152 e. The van der Waals surface area contributed by atoms with E-state index in [2.05, 4.69) is 31.2 Å². The van der Waals surface area contributed by atoms with Gasteiger partial charge in [0.1, 0.15) is 5.92 Å². The van der Waals surface area contributed by atoms with Crippen LogP contribution in [0, 0.1) is 44.4 Å². The highest BCUT2D eigenvalue weighted by Gasteiger charge is 2.57. The first kappa shape index (κ1) is 13.9. The molecule has 2 fully saturated rings. The molecule has 2 heteroatoms. The van der Waals surface area contributed by atoms with Crippen LogP contribution >= 0.6 is 0 Å². The lowest BCUT2D eigenvalue weighted by Gasteiger charge is -2.39. The summed E-state index contributed by atoms with van der Waals surface area (Å²) < 4.78 is 0. The standard InChI is InChI=1S/C20H22O2/c1-10-8-11(2)15(12(3)9-10)18-19(21)16-13-4-5-14(7-6-13)17(16)20(18)22/h4-5,8-9,13-14,16-18H,6-7H2,1-3H3/t13-,14+,16-,17+,18?. The summed E-state index contributed by atoms with van der Waals surface area (Å²) in [6, 6.07) is 4.19. The Morgan fingerprint density at radius 1 is 0.818 bits per heavy atom. The zero-order valence-corrected chi connectivity index (χ0v) is 13.4. The first-order valence-electron chi connectivity index (χ1n) is 8.32. The highest BCUT2D eigenvalue weighted by Crippen LogP contribution is 2.53. The van der Waals surface area contributed by atoms with Crippen LogP contribution in [0.25, 0.3) is 0 Å². The van der Waals surface area contributed by atoms with E-state index in [4.69, 9.17) is 0 Å². The maximum absolute atomic E-state index is 13.1. The molecule has 1 unspecified atom stereocenters. The first-order chi connectivity index (χ1) is 10.5. The number of rotatable bonds is 1. The number of hydrogen-bond acceptors (Lipinski definition) is 2. The van der Waals surface area contributed by atoms with Gasteiger partial charge < -0.3 is 0 Å². The highest BCUT2D eigenvalue weighted by atomic mass is 16.2. The Bertz CT molecular complexity index is 657. The van der Waals surface area contributed by atoms with Crippen molar-refractivity contribution in [1.82, 2.24) is 0 Å². The molecule has 2 bridgehead atoms. The molecule has 1 aromatic rings. The lowest BCUT2D eigenvalue weighted by molar-refractivity contribution is -0.125. The van der Waals surface area contributed by atoms with Gasteiger partial charge in [-0.3, -0.25) is 9.59 Å². The van der Waals surface area contributed by atoms with E-state index in [1.807, 2.05) is 13.8 Å². The van der Waals surface area contributed by atoms with Crippen LogP contribution < -0.4 is 0 Å². The Labute approximate surface area is 131 Å². The number of allylic oxidation sites excluding steroid dienone is 2. The number of fused-ring (bicyclic) bond motifs is 1. The molecule has 0 radical (unpaired) electrons. The molecular formula is C20H22O2. The van der Waals surface area contributed by atoms with Crippen molar-refractivity contribution in [2.24, 2.45) is 23.7 Å². The minimum atomic E-state index is -0.515. The van der Waals surface area contributed by atoms with Crippen molar-refractivity contribution in [3.63, 3.8) is 0 Å². The van der Waals surface area contributed by atoms with Crippen LogP contribution in [-0.4, -0.2) is 11.6 Å². The Kier molecular flexibility index (Phi) is 2.94. The SMILES string of the molecule is Cc1cc(C)c(C2C(=O)[C@@H]3[C@H](C2=O)[C@@H]2C=C[C@H]3CC2)c(C)c1. The summed E-state index contributed by atoms with van der Waals surface area (Å²) >= 11 is 0. The van der Waals surface area contributed by atoms with Gasteiger partial charge in [0.05, 0.1) is 0 Å². The Morgan fingerprint density at radius 2 is 1.27 bits per heavy atom. The molecular weight excluding hydrogens is 272 g/mol. The van der Waals surface area contributed by atoms with Crippen molar-refractivity contribution in [1.29, 1.82) is 0 Å². The Hall–Kier alpha value is -1.70. The van der Waals surface area contributed by atoms with Gasteiger partial charge in [0, 0.05) is 11.8 Å². The predicted octanol–water partition coefficient (Wildman–Crippen LogP) is 3.68. The van der Waals surface area contributed by atoms with Crippen molar-refractivity contribution < 1.29 is 9.59 Å². The van der Waals surface area contributed by atoms with E-state index in [1.165, 1.54) is 5.56 Å². The summed E-state index contributed by atoms with van der Waals surface area (Å²) in [5.74, 6) is 0.333. The fourth-order valence-corrected chi connectivity index (χ4v) is 5.23. The summed E-state index contributed by atoms with van der Waals surface area (Å²) in [7, 11) is 0. The molecule has 114 valence electrons. The van der Waals surface area contributed by atoms with E-state index in [9.17, 15) is 9.59 Å². The van der Waals surface area contributed by atoms with E-state index in [0.29, 0.717) is 11.8 Å². The largest absolute Gasteiger partial charge is 0.298 e. The van der Waals surface area contributed by atoms with E-state index < -0.39 is 5.92 Å². The molecule has 0 N–H and O–H groups in total. The molecule has 0 spiro atoms. The fourth-order valence-electron chi connectivity index (χ4n) is 5.23. The van der Waals surface area contributed by atoms with Crippen molar-refractivity contribution in [3.05, 3.63) is 46.5 Å². The average molecular weight is 294 g/mol. The number of carbonyl (C=O) groups excluding carboxylic acids is 2. The first-order valence-corrected chi connectivity index (χ1v) is 8.32. The third-order valence-corrected chi connectivity index (χ3v) is 6.00. The molecule has 4 aliphatic carbocycles. The van der Waals surface area contributed by atoms with E-state index >= 15 is 0 Å². The number of carbonyl (C=O) groups is 2. The molecule has 4 aliphatic rings. The lowest BCUT2D eigenvalue weighted by atomic mass is 9.63. The molecule has 5 atom stereocenters. The molecule has 5 rings (SSSR count). The molecule has 0 heterocycles. The topological polar surface area (TPSA) is 34.1 Å². The predicted molar refractivity (Wildman–Crippen MR) is 85.7 cm³/mol. The zero-order valence-electron chi connectivity index (χ0n) is 13.4. The van der Waals surface area contributed by atoms with Gasteiger partial charge >= 0.3 is 0 Å². The van der Waals surface area contributed by atoms with Crippen molar-refractivity contribution in [2.75, 3.05) is 0 Å². The van der Waals surface area contributed by atoms with E-state index in [0.717, 1.165) is 29.5 Å². The normalized spacial score (nSPS) is 36.0. The quantitative estimate of drug-likeness (QED) is 0.585. The third kappa shape index (κ3) is 1.73. The number of Topliss-reactive ketones (excluding diaryl/α,β-unsaturated/α-hetero) is 2. The van der Waals surface area contributed by atoms with Crippen LogP contribution in [0.5, 0.6) is 0 Å². The van der Waals surface area contributed by atoms with Crippen molar-refractivity contribution in [2.45, 2.75) is 39.5 Å². The van der Waals surface area contributed by atoms with E-state index in [-0.39, 0.29) is 23.4 Å². The Balaban J connectivity index is 1.82.